The Morgan fingerprint density at radius 2 is 2.00 bits per heavy atom. The fourth-order valence-corrected chi connectivity index (χ4v) is 1.44. The second-order valence-electron chi connectivity index (χ2n) is 3.25. The zero-order chi connectivity index (χ0) is 9.85. The van der Waals surface area contributed by atoms with Gasteiger partial charge in [0, 0.05) is 0 Å². The highest BCUT2D eigenvalue weighted by molar-refractivity contribution is 5.11. The van der Waals surface area contributed by atoms with Gasteiger partial charge in [0.1, 0.15) is 18.3 Å². The van der Waals surface area contributed by atoms with Crippen molar-refractivity contribution < 1.29 is 29.9 Å². The number of rotatable bonds is 1. The lowest BCUT2D eigenvalue weighted by molar-refractivity contribution is -0.274. The molecule has 6 N–H and O–H groups in total. The number of ether oxygens (including phenoxy) is 2. The second-order valence-corrected chi connectivity index (χ2v) is 3.25. The summed E-state index contributed by atoms with van der Waals surface area (Å²) in [6.45, 7) is -0.542. The summed E-state index contributed by atoms with van der Waals surface area (Å²) in [7, 11) is 0. The molecule has 13 heavy (non-hydrogen) atoms. The SMILES string of the molecule is N[C@@]12O[C@]1(O)O[C@H](CO)[C@@H](O)[C@@H]2O. The van der Waals surface area contributed by atoms with Crippen molar-refractivity contribution in [3.05, 3.63) is 0 Å². The van der Waals surface area contributed by atoms with E-state index in [9.17, 15) is 15.3 Å². The minimum Gasteiger partial charge on any atom is -0.394 e. The Morgan fingerprint density at radius 1 is 1.38 bits per heavy atom. The van der Waals surface area contributed by atoms with Gasteiger partial charge < -0.3 is 25.2 Å². The molecule has 7 heteroatoms. The molecule has 5 atom stereocenters. The largest absolute Gasteiger partial charge is 0.394 e. The highest BCUT2D eigenvalue weighted by atomic mass is 16.9. The fraction of sp³-hybridized carbons (Fsp3) is 1.00. The number of nitrogens with two attached hydrogens (primary N) is 1. The molecule has 2 aliphatic heterocycles. The van der Waals surface area contributed by atoms with E-state index in [0.717, 1.165) is 0 Å². The monoisotopic (exact) mass is 193 g/mol. The maximum Gasteiger partial charge on any atom is 0.331 e. The second kappa shape index (κ2) is 2.39. The average Bonchev–Trinajstić information content (AvgIpc) is 2.64. The van der Waals surface area contributed by atoms with Crippen LogP contribution in [0, 0.1) is 0 Å². The van der Waals surface area contributed by atoms with Crippen LogP contribution in [0.4, 0.5) is 0 Å². The zero-order valence-electron chi connectivity index (χ0n) is 6.62. The van der Waals surface area contributed by atoms with Crippen molar-refractivity contribution in [1.29, 1.82) is 0 Å². The van der Waals surface area contributed by atoms with E-state index in [0.29, 0.717) is 0 Å². The zero-order valence-corrected chi connectivity index (χ0v) is 6.62. The smallest absolute Gasteiger partial charge is 0.331 e. The quantitative estimate of drug-likeness (QED) is 0.272. The van der Waals surface area contributed by atoms with Gasteiger partial charge in [0.05, 0.1) is 6.61 Å². The van der Waals surface area contributed by atoms with E-state index in [1.54, 1.807) is 0 Å². The highest BCUT2D eigenvalue weighted by Crippen LogP contribution is 2.50. The van der Waals surface area contributed by atoms with Crippen molar-refractivity contribution in [2.24, 2.45) is 5.73 Å². The summed E-state index contributed by atoms with van der Waals surface area (Å²) in [4.78, 5) is 0. The topological polar surface area (TPSA) is 129 Å². The predicted octanol–water partition coefficient (Wildman–Crippen LogP) is -3.57. The van der Waals surface area contributed by atoms with Crippen LogP contribution >= 0.6 is 0 Å². The number of hydrogen-bond acceptors (Lipinski definition) is 7. The minimum atomic E-state index is -2.08. The summed E-state index contributed by atoms with van der Waals surface area (Å²) in [6.07, 6.45) is -3.96. The Kier molecular flexibility index (Phi) is 1.71. The molecule has 2 aliphatic rings. The Hall–Kier alpha value is -0.280. The third kappa shape index (κ3) is 0.974. The van der Waals surface area contributed by atoms with Gasteiger partial charge in [0.15, 0.2) is 0 Å². The molecular formula is C6H11NO6. The minimum absolute atomic E-state index is 0.542. The first-order chi connectivity index (χ1) is 5.94. The van der Waals surface area contributed by atoms with Crippen LogP contribution in [0.15, 0.2) is 0 Å². The molecule has 0 saturated carbocycles. The first-order valence-electron chi connectivity index (χ1n) is 3.81. The van der Waals surface area contributed by atoms with Gasteiger partial charge in [-0.15, -0.1) is 0 Å². The molecule has 0 spiro atoms. The average molecular weight is 193 g/mol. The number of hydrogen-bond donors (Lipinski definition) is 5. The molecule has 2 heterocycles. The fourth-order valence-electron chi connectivity index (χ4n) is 1.44. The van der Waals surface area contributed by atoms with Gasteiger partial charge in [-0.05, 0) is 0 Å². The lowest BCUT2D eigenvalue weighted by Crippen LogP contribution is -2.62. The van der Waals surface area contributed by atoms with Gasteiger partial charge in [-0.3, -0.25) is 10.5 Å². The molecule has 2 rings (SSSR count). The van der Waals surface area contributed by atoms with Crippen LogP contribution in [-0.2, 0) is 9.47 Å². The van der Waals surface area contributed by atoms with Crippen LogP contribution in [0.1, 0.15) is 0 Å². The Bertz CT molecular complexity index is 237. The lowest BCUT2D eigenvalue weighted by Gasteiger charge is -2.33. The molecule has 0 unspecified atom stereocenters. The normalized spacial score (nSPS) is 60.2. The van der Waals surface area contributed by atoms with E-state index >= 15 is 0 Å². The van der Waals surface area contributed by atoms with Crippen LogP contribution < -0.4 is 5.73 Å². The van der Waals surface area contributed by atoms with E-state index in [-0.39, 0.29) is 0 Å². The summed E-state index contributed by atoms with van der Waals surface area (Å²) >= 11 is 0. The van der Waals surface area contributed by atoms with Gasteiger partial charge in [-0.1, -0.05) is 0 Å². The van der Waals surface area contributed by atoms with E-state index in [2.05, 4.69) is 4.74 Å². The standard InChI is InChI=1S/C6H11NO6/c7-5-4(10)3(9)2(1-8)12-6(5,11)13-5/h2-4,8-11H,1,7H2/t2-,3-,4+,5+,6-/m1/s1. The van der Waals surface area contributed by atoms with Gasteiger partial charge in [0.2, 0.25) is 5.72 Å². The summed E-state index contributed by atoms with van der Waals surface area (Å²) in [5, 5.41) is 36.7. The number of aliphatic hydroxyl groups is 4. The lowest BCUT2D eigenvalue weighted by atomic mass is 9.98. The van der Waals surface area contributed by atoms with Crippen LogP contribution in [-0.4, -0.2) is 57.0 Å². The first kappa shape index (κ1) is 9.28. The van der Waals surface area contributed by atoms with Crippen LogP contribution in [0.5, 0.6) is 0 Å². The van der Waals surface area contributed by atoms with Gasteiger partial charge in [-0.2, -0.15) is 0 Å². The van der Waals surface area contributed by atoms with Crippen LogP contribution in [0.2, 0.25) is 0 Å². The van der Waals surface area contributed by atoms with E-state index < -0.39 is 36.6 Å². The van der Waals surface area contributed by atoms with Crippen LogP contribution in [0.25, 0.3) is 0 Å². The van der Waals surface area contributed by atoms with Crippen molar-refractivity contribution in [3.8, 4) is 0 Å². The molecule has 76 valence electrons. The maximum atomic E-state index is 9.36. The van der Waals surface area contributed by atoms with E-state index in [1.165, 1.54) is 0 Å². The van der Waals surface area contributed by atoms with Crippen molar-refractivity contribution in [2.75, 3.05) is 6.61 Å². The van der Waals surface area contributed by atoms with E-state index in [4.69, 9.17) is 15.6 Å². The third-order valence-electron chi connectivity index (χ3n) is 2.39. The summed E-state index contributed by atoms with van der Waals surface area (Å²) in [5.74, 6) is -2.08. The van der Waals surface area contributed by atoms with Crippen molar-refractivity contribution in [3.63, 3.8) is 0 Å². The molecule has 2 saturated heterocycles. The van der Waals surface area contributed by atoms with E-state index in [1.807, 2.05) is 0 Å². The van der Waals surface area contributed by atoms with Gasteiger partial charge in [0.25, 0.3) is 0 Å². The van der Waals surface area contributed by atoms with Crippen LogP contribution in [0.3, 0.4) is 0 Å². The van der Waals surface area contributed by atoms with Gasteiger partial charge >= 0.3 is 5.97 Å². The Labute approximate surface area is 73.3 Å². The summed E-state index contributed by atoms with van der Waals surface area (Å²) < 4.78 is 9.29. The van der Waals surface area contributed by atoms with Gasteiger partial charge in [-0.25, -0.2) is 0 Å². The maximum absolute atomic E-state index is 9.36. The summed E-state index contributed by atoms with van der Waals surface area (Å²) in [5.41, 5.74) is 3.57. The molecule has 0 amide bonds. The van der Waals surface area contributed by atoms with Crippen molar-refractivity contribution >= 4 is 0 Å². The summed E-state index contributed by atoms with van der Waals surface area (Å²) in [6, 6.07) is 0. The number of aliphatic hydroxyl groups excluding tert-OH is 3. The molecule has 2 fully saturated rings. The first-order valence-corrected chi connectivity index (χ1v) is 3.81. The molecule has 0 aromatic rings. The number of fused-ring (bicyclic) bond motifs is 1. The Balaban J connectivity index is 2.21. The highest BCUT2D eigenvalue weighted by Gasteiger charge is 2.79. The molecule has 7 nitrogen and oxygen atoms in total. The van der Waals surface area contributed by atoms with Crippen molar-refractivity contribution in [1.82, 2.24) is 0 Å². The molecular weight excluding hydrogens is 182 g/mol. The molecule has 0 bridgehead atoms. The molecule has 0 aromatic carbocycles. The molecule has 0 radical (unpaired) electrons. The Morgan fingerprint density at radius 3 is 2.54 bits per heavy atom. The molecule has 0 aromatic heterocycles. The molecule has 0 aliphatic carbocycles. The van der Waals surface area contributed by atoms with Crippen molar-refractivity contribution in [2.45, 2.75) is 30.0 Å². The predicted molar refractivity (Wildman–Crippen MR) is 36.9 cm³/mol. The third-order valence-corrected chi connectivity index (χ3v) is 2.39. The number of epoxide rings is 1.